The molecule has 4 heterocycles. The van der Waals surface area contributed by atoms with Crippen LogP contribution in [0.5, 0.6) is 0 Å². The number of benzene rings is 1. The molecule has 0 spiro atoms. The molecule has 0 unspecified atom stereocenters. The highest BCUT2D eigenvalue weighted by Crippen LogP contribution is 2.29. The Balaban J connectivity index is 1.40. The highest BCUT2D eigenvalue weighted by molar-refractivity contribution is 6.30. The first-order valence-electron chi connectivity index (χ1n) is 12.3. The predicted octanol–water partition coefficient (Wildman–Crippen LogP) is 4.55. The van der Waals surface area contributed by atoms with Crippen LogP contribution in [0.25, 0.3) is 22.9 Å². The molecular weight excluding hydrogens is 504 g/mol. The second-order valence-corrected chi connectivity index (χ2v) is 9.30. The van der Waals surface area contributed by atoms with Crippen LogP contribution in [0.1, 0.15) is 49.4 Å². The fourth-order valence-corrected chi connectivity index (χ4v) is 4.55. The summed E-state index contributed by atoms with van der Waals surface area (Å²) in [5.41, 5.74) is 3.77. The van der Waals surface area contributed by atoms with Gasteiger partial charge in [-0.1, -0.05) is 24.4 Å². The Labute approximate surface area is 224 Å². The summed E-state index contributed by atoms with van der Waals surface area (Å²) in [7, 11) is 0. The SMILES string of the molecule is O=C(/C=C/c1cc(Cl)ccc1-n1cnnn1)N[C@H]1CCCCCC(=O)Nc2ncccc2-c2ccnc1c2. The number of nitrogens with zero attached hydrogens (tertiary/aromatic N) is 6. The number of fused-ring (bicyclic) bond motifs is 4. The van der Waals surface area contributed by atoms with Gasteiger partial charge < -0.3 is 10.6 Å². The lowest BCUT2D eigenvalue weighted by Gasteiger charge is -2.18. The zero-order chi connectivity index (χ0) is 26.3. The van der Waals surface area contributed by atoms with Gasteiger partial charge in [0.2, 0.25) is 11.8 Å². The molecule has 4 aromatic rings. The minimum atomic E-state index is -0.310. The Bertz CT molecular complexity index is 1470. The number of anilines is 1. The van der Waals surface area contributed by atoms with Crippen LogP contribution < -0.4 is 10.6 Å². The molecule has 2 amide bonds. The van der Waals surface area contributed by atoms with E-state index in [1.807, 2.05) is 24.3 Å². The Hall–Kier alpha value is -4.44. The lowest BCUT2D eigenvalue weighted by atomic mass is 10.0. The molecule has 1 aliphatic rings. The van der Waals surface area contributed by atoms with Crippen molar-refractivity contribution in [2.75, 3.05) is 5.32 Å². The maximum absolute atomic E-state index is 13.1. The molecule has 0 radical (unpaired) electrons. The van der Waals surface area contributed by atoms with Gasteiger partial charge in [0.05, 0.1) is 17.4 Å². The Kier molecular flexibility index (Phi) is 7.79. The van der Waals surface area contributed by atoms with E-state index in [1.54, 1.807) is 36.7 Å². The fraction of sp³-hybridized carbons (Fsp3) is 0.222. The standard InChI is InChI=1S/C27H25ClN8O2/c28-20-9-10-24(36-17-31-34-35-36)19(15-20)8-11-26(38)32-22-6-2-1-3-7-25(37)33-27-21(5-4-13-30-27)18-12-14-29-23(22)16-18/h4-5,8-17,22H,1-3,6-7H2,(H,32,38)(H,30,33,37)/b11-8+/t22-/m0/s1. The van der Waals surface area contributed by atoms with Crippen molar-refractivity contribution in [2.45, 2.75) is 38.1 Å². The van der Waals surface area contributed by atoms with Crippen LogP contribution in [0.2, 0.25) is 5.02 Å². The predicted molar refractivity (Wildman–Crippen MR) is 143 cm³/mol. The third-order valence-corrected chi connectivity index (χ3v) is 6.46. The van der Waals surface area contributed by atoms with Crippen molar-refractivity contribution < 1.29 is 9.59 Å². The summed E-state index contributed by atoms with van der Waals surface area (Å²) in [6, 6.07) is 12.5. The van der Waals surface area contributed by atoms with Crippen LogP contribution in [0, 0.1) is 0 Å². The highest BCUT2D eigenvalue weighted by Gasteiger charge is 2.18. The minimum absolute atomic E-state index is 0.0597. The Morgan fingerprint density at radius 3 is 2.89 bits per heavy atom. The van der Waals surface area contributed by atoms with Crippen LogP contribution in [-0.4, -0.2) is 42.0 Å². The van der Waals surface area contributed by atoms with Gasteiger partial charge in [-0.05, 0) is 77.4 Å². The third kappa shape index (κ3) is 6.09. The van der Waals surface area contributed by atoms with Gasteiger partial charge in [0.1, 0.15) is 12.1 Å². The molecule has 0 aliphatic carbocycles. The van der Waals surface area contributed by atoms with Crippen molar-refractivity contribution in [3.63, 3.8) is 0 Å². The van der Waals surface area contributed by atoms with E-state index in [-0.39, 0.29) is 17.9 Å². The molecule has 0 saturated heterocycles. The van der Waals surface area contributed by atoms with Crippen LogP contribution in [-0.2, 0) is 9.59 Å². The number of hydrogen-bond donors (Lipinski definition) is 2. The van der Waals surface area contributed by atoms with E-state index in [2.05, 4.69) is 36.1 Å². The summed E-state index contributed by atoms with van der Waals surface area (Å²) >= 11 is 6.20. The highest BCUT2D eigenvalue weighted by atomic mass is 35.5. The normalized spacial score (nSPS) is 16.0. The summed E-state index contributed by atoms with van der Waals surface area (Å²) in [5.74, 6) is 0.181. The number of amides is 2. The smallest absolute Gasteiger partial charge is 0.244 e. The summed E-state index contributed by atoms with van der Waals surface area (Å²) < 4.78 is 1.50. The van der Waals surface area contributed by atoms with Crippen LogP contribution in [0.15, 0.2) is 67.3 Å². The number of rotatable bonds is 4. The van der Waals surface area contributed by atoms with Crippen molar-refractivity contribution in [2.24, 2.45) is 0 Å². The van der Waals surface area contributed by atoms with Gasteiger partial charge >= 0.3 is 0 Å². The number of carbonyl (C=O) groups is 2. The largest absolute Gasteiger partial charge is 0.344 e. The van der Waals surface area contributed by atoms with Gasteiger partial charge in [-0.3, -0.25) is 14.6 Å². The van der Waals surface area contributed by atoms with Crippen LogP contribution in [0.4, 0.5) is 5.82 Å². The molecule has 5 rings (SSSR count). The average Bonchev–Trinajstić information content (AvgIpc) is 3.46. The maximum atomic E-state index is 13.1. The molecule has 38 heavy (non-hydrogen) atoms. The number of aromatic nitrogens is 6. The van der Waals surface area contributed by atoms with Gasteiger partial charge in [-0.15, -0.1) is 5.10 Å². The zero-order valence-electron chi connectivity index (χ0n) is 20.4. The van der Waals surface area contributed by atoms with Gasteiger partial charge in [-0.2, -0.15) is 4.68 Å². The lowest BCUT2D eigenvalue weighted by molar-refractivity contribution is -0.117. The van der Waals surface area contributed by atoms with Gasteiger partial charge in [0.25, 0.3) is 0 Å². The number of nitrogens with one attached hydrogen (secondary N) is 2. The molecule has 0 saturated carbocycles. The van der Waals surface area contributed by atoms with Crippen molar-refractivity contribution in [3.8, 4) is 16.8 Å². The topological polar surface area (TPSA) is 128 Å². The lowest BCUT2D eigenvalue weighted by Crippen LogP contribution is -2.27. The van der Waals surface area contributed by atoms with Crippen LogP contribution in [0.3, 0.4) is 0 Å². The molecule has 11 heteroatoms. The van der Waals surface area contributed by atoms with Crippen molar-refractivity contribution in [1.29, 1.82) is 0 Å². The fourth-order valence-electron chi connectivity index (χ4n) is 4.37. The van der Waals surface area contributed by atoms with E-state index >= 15 is 0 Å². The second-order valence-electron chi connectivity index (χ2n) is 8.87. The molecule has 1 atom stereocenters. The molecule has 3 aromatic heterocycles. The van der Waals surface area contributed by atoms with Crippen molar-refractivity contribution in [1.82, 2.24) is 35.5 Å². The number of tetrazole rings is 1. The number of hydrogen-bond acceptors (Lipinski definition) is 7. The second kappa shape index (κ2) is 11.7. The van der Waals surface area contributed by atoms with E-state index in [0.29, 0.717) is 34.9 Å². The summed E-state index contributed by atoms with van der Waals surface area (Å²) in [4.78, 5) is 34.4. The van der Waals surface area contributed by atoms with E-state index in [9.17, 15) is 9.59 Å². The first-order chi connectivity index (χ1) is 18.6. The molecular formula is C27H25ClN8O2. The van der Waals surface area contributed by atoms with Crippen molar-refractivity contribution in [3.05, 3.63) is 83.5 Å². The van der Waals surface area contributed by atoms with E-state index in [1.165, 1.54) is 17.1 Å². The first kappa shape index (κ1) is 25.2. The third-order valence-electron chi connectivity index (χ3n) is 6.23. The minimum Gasteiger partial charge on any atom is -0.344 e. The summed E-state index contributed by atoms with van der Waals surface area (Å²) in [5, 5.41) is 17.8. The Morgan fingerprint density at radius 1 is 1.11 bits per heavy atom. The van der Waals surface area contributed by atoms with Gasteiger partial charge in [0, 0.05) is 41.0 Å². The summed E-state index contributed by atoms with van der Waals surface area (Å²) in [6.45, 7) is 0. The molecule has 10 nitrogen and oxygen atoms in total. The molecule has 1 aromatic carbocycles. The monoisotopic (exact) mass is 528 g/mol. The van der Waals surface area contributed by atoms with Gasteiger partial charge in [-0.25, -0.2) is 4.98 Å². The Morgan fingerprint density at radius 2 is 2.03 bits per heavy atom. The number of pyridine rings is 2. The maximum Gasteiger partial charge on any atom is 0.244 e. The van der Waals surface area contributed by atoms with E-state index in [4.69, 9.17) is 11.6 Å². The average molecular weight is 529 g/mol. The molecule has 1 aliphatic heterocycles. The van der Waals surface area contributed by atoms with E-state index < -0.39 is 0 Å². The van der Waals surface area contributed by atoms with Crippen molar-refractivity contribution >= 4 is 35.3 Å². The molecule has 2 bridgehead atoms. The number of halogens is 1. The number of carbonyl (C=O) groups excluding carboxylic acids is 2. The molecule has 0 fully saturated rings. The first-order valence-corrected chi connectivity index (χ1v) is 12.7. The van der Waals surface area contributed by atoms with Crippen LogP contribution >= 0.6 is 11.6 Å². The quantitative estimate of drug-likeness (QED) is 0.372. The molecule has 2 N–H and O–H groups in total. The molecule has 192 valence electrons. The van der Waals surface area contributed by atoms with Gasteiger partial charge in [0.15, 0.2) is 0 Å². The summed E-state index contributed by atoms with van der Waals surface area (Å²) in [6.07, 6.45) is 11.5. The van der Waals surface area contributed by atoms with E-state index in [0.717, 1.165) is 36.1 Å². The zero-order valence-corrected chi connectivity index (χ0v) is 21.2.